The Kier molecular flexibility index (Phi) is 7.35. The van der Waals surface area contributed by atoms with Crippen molar-refractivity contribution < 1.29 is 19.4 Å². The average molecular weight is 528 g/mol. The number of nitrogens with one attached hydrogen (secondary N) is 2. The Bertz CT molecular complexity index is 1020. The van der Waals surface area contributed by atoms with Gasteiger partial charge in [0.05, 0.1) is 18.3 Å². The van der Waals surface area contributed by atoms with Gasteiger partial charge in [-0.1, -0.05) is 13.8 Å². The summed E-state index contributed by atoms with van der Waals surface area (Å²) in [6.45, 7) is 10.6. The normalized spacial score (nSPS) is 29.6. The van der Waals surface area contributed by atoms with Gasteiger partial charge in [0, 0.05) is 18.7 Å². The summed E-state index contributed by atoms with van der Waals surface area (Å²) in [5, 5.41) is 17.6. The molecular weight excluding hydrogens is 482 g/mol. The molecule has 1 aromatic rings. The highest BCUT2D eigenvalue weighted by molar-refractivity contribution is 5.86. The molecule has 38 heavy (non-hydrogen) atoms. The lowest BCUT2D eigenvalue weighted by Gasteiger charge is -2.58. The molecule has 0 saturated heterocycles. The largest absolute Gasteiger partial charge is 0.444 e. The zero-order chi connectivity index (χ0) is 27.2. The first kappa shape index (κ1) is 27.2. The van der Waals surface area contributed by atoms with E-state index in [1.165, 1.54) is 25.6 Å². The van der Waals surface area contributed by atoms with Gasteiger partial charge in [-0.25, -0.2) is 14.8 Å². The van der Waals surface area contributed by atoms with E-state index in [1.807, 2.05) is 13.8 Å². The van der Waals surface area contributed by atoms with E-state index in [0.29, 0.717) is 26.1 Å². The highest BCUT2D eigenvalue weighted by atomic mass is 16.6. The van der Waals surface area contributed by atoms with Gasteiger partial charge in [-0.15, -0.1) is 0 Å². The maximum atomic E-state index is 13.4. The topological polar surface area (TPSA) is 117 Å². The van der Waals surface area contributed by atoms with Crippen LogP contribution in [0.4, 0.5) is 10.6 Å². The van der Waals surface area contributed by atoms with Gasteiger partial charge < -0.3 is 25.4 Å². The van der Waals surface area contributed by atoms with Gasteiger partial charge in [0.15, 0.2) is 0 Å². The minimum absolute atomic E-state index is 0.0606. The lowest BCUT2D eigenvalue weighted by Crippen LogP contribution is -2.53. The smallest absolute Gasteiger partial charge is 0.408 e. The van der Waals surface area contributed by atoms with Crippen molar-refractivity contribution in [1.82, 2.24) is 20.2 Å². The van der Waals surface area contributed by atoms with E-state index in [2.05, 4.69) is 20.6 Å². The van der Waals surface area contributed by atoms with Gasteiger partial charge >= 0.3 is 6.09 Å². The van der Waals surface area contributed by atoms with Crippen LogP contribution in [-0.4, -0.2) is 62.8 Å². The number of nitrogens with zero attached hydrogens (tertiary/aromatic N) is 3. The highest BCUT2D eigenvalue weighted by Gasteiger charge is 2.53. The third-order valence-corrected chi connectivity index (χ3v) is 9.18. The van der Waals surface area contributed by atoms with Crippen molar-refractivity contribution in [3.05, 3.63) is 17.6 Å². The number of aliphatic hydroxyl groups excluding tert-OH is 1. The van der Waals surface area contributed by atoms with Crippen molar-refractivity contribution in [3.63, 3.8) is 0 Å². The number of aromatic nitrogens is 2. The van der Waals surface area contributed by atoms with E-state index in [0.717, 1.165) is 54.1 Å². The van der Waals surface area contributed by atoms with Crippen LogP contribution in [0, 0.1) is 29.1 Å². The van der Waals surface area contributed by atoms with Crippen molar-refractivity contribution >= 4 is 17.8 Å². The molecule has 5 aliphatic rings. The number of anilines is 1. The summed E-state index contributed by atoms with van der Waals surface area (Å²) in [7, 11) is 0. The molecule has 0 radical (unpaired) electrons. The minimum Gasteiger partial charge on any atom is -0.444 e. The standard InChI is InChI=1S/C29H45N5O4/c1-17(2)24(33-27(37)38-28(3,4)5)26(36)34-7-6-21-22(15-34)31-16-32-25(21)30-14-23(35)29-11-18-8-19(12-29)10-20(9-18)13-29/h16-20,23-24,35H,6-15H2,1-5H3,(H,33,37)(H,30,31,32)/t18?,19?,20?,23?,24-,29?/m1/s1. The van der Waals surface area contributed by atoms with E-state index >= 15 is 0 Å². The SMILES string of the molecule is CC(C)[C@@H](NC(=O)OC(C)(C)C)C(=O)N1CCc2c(ncnc2NCC(O)C23CC4CC(CC(C4)C2)C3)C1. The van der Waals surface area contributed by atoms with Crippen molar-refractivity contribution in [2.75, 3.05) is 18.4 Å². The number of alkyl carbamates (subject to hydrolysis) is 1. The molecule has 9 nitrogen and oxygen atoms in total. The average Bonchev–Trinajstić information content (AvgIpc) is 2.83. The van der Waals surface area contributed by atoms with Crippen molar-refractivity contribution in [1.29, 1.82) is 0 Å². The first-order valence-corrected chi connectivity index (χ1v) is 14.5. The zero-order valence-electron chi connectivity index (χ0n) is 23.6. The van der Waals surface area contributed by atoms with Crippen LogP contribution in [0.25, 0.3) is 0 Å². The first-order valence-electron chi connectivity index (χ1n) is 14.5. The second-order valence-electron chi connectivity index (χ2n) is 13.7. The molecule has 4 aliphatic carbocycles. The number of hydrogen-bond acceptors (Lipinski definition) is 7. The van der Waals surface area contributed by atoms with Gasteiger partial charge in [0.2, 0.25) is 5.91 Å². The summed E-state index contributed by atoms with van der Waals surface area (Å²) >= 11 is 0. The van der Waals surface area contributed by atoms with E-state index in [4.69, 9.17) is 4.74 Å². The summed E-state index contributed by atoms with van der Waals surface area (Å²) in [6.07, 6.45) is 8.75. The van der Waals surface area contributed by atoms with E-state index in [-0.39, 0.29) is 23.3 Å². The minimum atomic E-state index is -0.679. The third kappa shape index (κ3) is 5.63. The van der Waals surface area contributed by atoms with Crippen molar-refractivity contribution in [2.45, 2.75) is 104 Å². The number of aliphatic hydroxyl groups is 1. The molecule has 1 unspecified atom stereocenters. The quantitative estimate of drug-likeness (QED) is 0.492. The number of fused-ring (bicyclic) bond motifs is 1. The molecule has 3 N–H and O–H groups in total. The van der Waals surface area contributed by atoms with E-state index in [1.54, 1.807) is 25.7 Å². The molecule has 2 amide bonds. The Labute approximate surface area is 226 Å². The van der Waals surface area contributed by atoms with Gasteiger partial charge in [0.25, 0.3) is 0 Å². The fraction of sp³-hybridized carbons (Fsp3) is 0.793. The van der Waals surface area contributed by atoms with E-state index < -0.39 is 17.7 Å². The molecule has 4 fully saturated rings. The summed E-state index contributed by atoms with van der Waals surface area (Å²) in [4.78, 5) is 36.5. The summed E-state index contributed by atoms with van der Waals surface area (Å²) < 4.78 is 5.38. The predicted octanol–water partition coefficient (Wildman–Crippen LogP) is 3.90. The van der Waals surface area contributed by atoms with Crippen molar-refractivity contribution in [3.8, 4) is 0 Å². The number of rotatable bonds is 7. The second-order valence-corrected chi connectivity index (χ2v) is 13.7. The van der Waals surface area contributed by atoms with Crippen LogP contribution < -0.4 is 10.6 Å². The lowest BCUT2D eigenvalue weighted by atomic mass is 9.48. The van der Waals surface area contributed by atoms with E-state index in [9.17, 15) is 14.7 Å². The Balaban J connectivity index is 1.22. The predicted molar refractivity (Wildman–Crippen MR) is 144 cm³/mol. The molecule has 1 aliphatic heterocycles. The van der Waals surface area contributed by atoms with Gasteiger partial charge in [0.1, 0.15) is 23.8 Å². The Hall–Kier alpha value is -2.42. The molecule has 2 heterocycles. The second kappa shape index (κ2) is 10.3. The highest BCUT2D eigenvalue weighted by Crippen LogP contribution is 2.61. The van der Waals surface area contributed by atoms with Crippen LogP contribution in [-0.2, 0) is 22.5 Å². The molecule has 2 atom stereocenters. The fourth-order valence-electron chi connectivity index (χ4n) is 7.84. The molecule has 4 saturated carbocycles. The Morgan fingerprint density at radius 2 is 1.76 bits per heavy atom. The maximum Gasteiger partial charge on any atom is 0.408 e. The number of carbonyl (C=O) groups excluding carboxylic acids is 2. The molecular formula is C29H45N5O4. The Morgan fingerprint density at radius 1 is 1.13 bits per heavy atom. The van der Waals surface area contributed by atoms with Gasteiger partial charge in [-0.2, -0.15) is 0 Å². The molecule has 9 heteroatoms. The molecule has 0 aromatic carbocycles. The summed E-state index contributed by atoms with van der Waals surface area (Å²) in [6, 6.07) is -0.679. The number of hydrogen-bond donors (Lipinski definition) is 3. The van der Waals surface area contributed by atoms with Crippen LogP contribution >= 0.6 is 0 Å². The number of amides is 2. The zero-order valence-corrected chi connectivity index (χ0v) is 23.6. The molecule has 6 rings (SSSR count). The van der Waals surface area contributed by atoms with Crippen molar-refractivity contribution in [2.24, 2.45) is 29.1 Å². The number of ether oxygens (including phenoxy) is 1. The van der Waals surface area contributed by atoms with Crippen LogP contribution in [0.1, 0.15) is 84.4 Å². The number of carbonyl (C=O) groups is 2. The summed E-state index contributed by atoms with van der Waals surface area (Å²) in [5.41, 5.74) is 1.24. The third-order valence-electron chi connectivity index (χ3n) is 9.18. The molecule has 210 valence electrons. The first-order chi connectivity index (χ1) is 17.9. The summed E-state index contributed by atoms with van der Waals surface area (Å²) in [5.74, 6) is 2.92. The fourth-order valence-corrected chi connectivity index (χ4v) is 7.84. The van der Waals surface area contributed by atoms with Crippen LogP contribution in [0.2, 0.25) is 0 Å². The van der Waals surface area contributed by atoms with Crippen LogP contribution in [0.5, 0.6) is 0 Å². The molecule has 4 bridgehead atoms. The van der Waals surface area contributed by atoms with Gasteiger partial charge in [-0.3, -0.25) is 4.79 Å². The molecule has 0 spiro atoms. The monoisotopic (exact) mass is 527 g/mol. The lowest BCUT2D eigenvalue weighted by molar-refractivity contribution is -0.135. The Morgan fingerprint density at radius 3 is 2.34 bits per heavy atom. The van der Waals surface area contributed by atoms with Gasteiger partial charge in [-0.05, 0) is 94.8 Å². The van der Waals surface area contributed by atoms with Crippen LogP contribution in [0.3, 0.4) is 0 Å². The van der Waals surface area contributed by atoms with Crippen LogP contribution in [0.15, 0.2) is 6.33 Å². The molecule has 1 aromatic heterocycles. The maximum absolute atomic E-state index is 13.4.